The number of hydrogen-bond donors (Lipinski definition) is 0. The zero-order valence-electron chi connectivity index (χ0n) is 7.61. The van der Waals surface area contributed by atoms with Crippen LogP contribution >= 0.6 is 11.3 Å². The Labute approximate surface area is 81.0 Å². The lowest BCUT2D eigenvalue weighted by atomic mass is 10.4. The van der Waals surface area contributed by atoms with Gasteiger partial charge in [-0.15, -0.1) is 11.3 Å². The second-order valence-corrected chi connectivity index (χ2v) is 3.82. The van der Waals surface area contributed by atoms with E-state index in [1.54, 1.807) is 24.5 Å². The summed E-state index contributed by atoms with van der Waals surface area (Å²) in [5, 5.41) is 3.56. The van der Waals surface area contributed by atoms with Gasteiger partial charge in [0.15, 0.2) is 0 Å². The van der Waals surface area contributed by atoms with Gasteiger partial charge in [-0.1, -0.05) is 12.1 Å². The van der Waals surface area contributed by atoms with E-state index in [4.69, 9.17) is 0 Å². The third-order valence-corrected chi connectivity index (χ3v) is 2.32. The molecule has 1 aromatic rings. The first-order valence-electron chi connectivity index (χ1n) is 4.02. The summed E-state index contributed by atoms with van der Waals surface area (Å²) in [5.41, 5.74) is 0. The second-order valence-electron chi connectivity index (χ2n) is 2.50. The molecule has 0 aromatic carbocycles. The van der Waals surface area contributed by atoms with E-state index in [0.29, 0.717) is 6.42 Å². The highest BCUT2D eigenvalue weighted by Crippen LogP contribution is 2.12. The van der Waals surface area contributed by atoms with Gasteiger partial charge in [0.2, 0.25) is 0 Å². The van der Waals surface area contributed by atoms with Crippen molar-refractivity contribution >= 4 is 23.5 Å². The third kappa shape index (κ3) is 3.38. The SMILES string of the molecule is CCC(=O)O/N=C/c1ccc(C)s1. The summed E-state index contributed by atoms with van der Waals surface area (Å²) in [4.78, 5) is 17.4. The topological polar surface area (TPSA) is 38.7 Å². The number of rotatable bonds is 3. The number of carbonyl (C=O) groups excluding carboxylic acids is 1. The summed E-state index contributed by atoms with van der Waals surface area (Å²) in [6, 6.07) is 3.93. The maximum absolute atomic E-state index is 10.7. The smallest absolute Gasteiger partial charge is 0.318 e. The fraction of sp³-hybridized carbons (Fsp3) is 0.333. The first kappa shape index (κ1) is 9.92. The molecule has 0 atom stereocenters. The molecule has 70 valence electrons. The molecule has 0 amide bonds. The highest BCUT2D eigenvalue weighted by molar-refractivity contribution is 7.13. The van der Waals surface area contributed by atoms with Gasteiger partial charge in [-0.05, 0) is 19.1 Å². The average Bonchev–Trinajstić information content (AvgIpc) is 2.51. The van der Waals surface area contributed by atoms with Gasteiger partial charge in [0.1, 0.15) is 0 Å². The van der Waals surface area contributed by atoms with E-state index >= 15 is 0 Å². The van der Waals surface area contributed by atoms with E-state index in [9.17, 15) is 4.79 Å². The minimum absolute atomic E-state index is 0.315. The Morgan fingerprint density at radius 2 is 2.46 bits per heavy atom. The molecule has 0 saturated carbocycles. The first-order chi connectivity index (χ1) is 6.22. The Morgan fingerprint density at radius 3 is 3.00 bits per heavy atom. The lowest BCUT2D eigenvalue weighted by Crippen LogP contribution is -1.95. The molecule has 0 aliphatic carbocycles. The molecule has 0 spiro atoms. The van der Waals surface area contributed by atoms with Crippen LogP contribution < -0.4 is 0 Å². The molecule has 0 unspecified atom stereocenters. The molecule has 1 rings (SSSR count). The van der Waals surface area contributed by atoms with Crippen LogP contribution in [0.25, 0.3) is 0 Å². The van der Waals surface area contributed by atoms with Gasteiger partial charge in [-0.2, -0.15) is 0 Å². The van der Waals surface area contributed by atoms with Gasteiger partial charge in [0.25, 0.3) is 0 Å². The first-order valence-corrected chi connectivity index (χ1v) is 4.83. The van der Waals surface area contributed by atoms with Crippen LogP contribution in [0.2, 0.25) is 0 Å². The van der Waals surface area contributed by atoms with Crippen LogP contribution in [0.1, 0.15) is 23.1 Å². The minimum Gasteiger partial charge on any atom is -0.318 e. The second kappa shape index (κ2) is 4.77. The molecular formula is C9H11NO2S. The largest absolute Gasteiger partial charge is 0.334 e. The normalized spacial score (nSPS) is 10.6. The highest BCUT2D eigenvalue weighted by Gasteiger charge is 1.95. The molecular weight excluding hydrogens is 186 g/mol. The van der Waals surface area contributed by atoms with E-state index in [1.165, 1.54) is 4.88 Å². The highest BCUT2D eigenvalue weighted by atomic mass is 32.1. The summed E-state index contributed by atoms with van der Waals surface area (Å²) in [7, 11) is 0. The molecule has 0 bridgehead atoms. The molecule has 0 aliphatic heterocycles. The number of carbonyl (C=O) groups is 1. The van der Waals surface area contributed by atoms with Gasteiger partial charge in [0, 0.05) is 16.2 Å². The van der Waals surface area contributed by atoms with Crippen molar-refractivity contribution in [2.75, 3.05) is 0 Å². The summed E-state index contributed by atoms with van der Waals surface area (Å²) in [5.74, 6) is -0.315. The molecule has 0 radical (unpaired) electrons. The molecule has 4 heteroatoms. The number of thiophene rings is 1. The zero-order valence-corrected chi connectivity index (χ0v) is 8.43. The number of hydrogen-bond acceptors (Lipinski definition) is 4. The molecule has 0 N–H and O–H groups in total. The van der Waals surface area contributed by atoms with Crippen LogP contribution in [-0.4, -0.2) is 12.2 Å². The summed E-state index contributed by atoms with van der Waals surface area (Å²) >= 11 is 1.61. The lowest BCUT2D eigenvalue weighted by molar-refractivity contribution is -0.143. The van der Waals surface area contributed by atoms with Crippen molar-refractivity contribution in [1.82, 2.24) is 0 Å². The Bertz CT molecular complexity index is 317. The molecule has 0 saturated heterocycles. The Balaban J connectivity index is 2.45. The van der Waals surface area contributed by atoms with Crippen molar-refractivity contribution in [1.29, 1.82) is 0 Å². The average molecular weight is 197 g/mol. The molecule has 0 aliphatic rings. The van der Waals surface area contributed by atoms with Crippen molar-refractivity contribution in [3.8, 4) is 0 Å². The van der Waals surface area contributed by atoms with E-state index in [-0.39, 0.29) is 5.97 Å². The summed E-state index contributed by atoms with van der Waals surface area (Å²) in [6.07, 6.45) is 1.89. The van der Waals surface area contributed by atoms with Crippen LogP contribution in [0.5, 0.6) is 0 Å². The fourth-order valence-corrected chi connectivity index (χ4v) is 1.46. The van der Waals surface area contributed by atoms with E-state index in [2.05, 4.69) is 9.99 Å². The molecule has 0 fully saturated rings. The van der Waals surface area contributed by atoms with E-state index in [1.807, 2.05) is 19.1 Å². The molecule has 3 nitrogen and oxygen atoms in total. The monoisotopic (exact) mass is 197 g/mol. The van der Waals surface area contributed by atoms with Crippen LogP contribution in [0.4, 0.5) is 0 Å². The number of aryl methyl sites for hydroxylation is 1. The minimum atomic E-state index is -0.315. The predicted octanol–water partition coefficient (Wildman–Crippen LogP) is 2.34. The number of nitrogens with zero attached hydrogens (tertiary/aromatic N) is 1. The van der Waals surface area contributed by atoms with Crippen LogP contribution in [0.15, 0.2) is 17.3 Å². The molecule has 1 heterocycles. The maximum Gasteiger partial charge on any atom is 0.334 e. The van der Waals surface area contributed by atoms with Gasteiger partial charge >= 0.3 is 5.97 Å². The van der Waals surface area contributed by atoms with Gasteiger partial charge in [-0.3, -0.25) is 0 Å². The molecule has 1 aromatic heterocycles. The van der Waals surface area contributed by atoms with Gasteiger partial charge < -0.3 is 4.84 Å². The van der Waals surface area contributed by atoms with Crippen LogP contribution in [0.3, 0.4) is 0 Å². The molecule has 13 heavy (non-hydrogen) atoms. The summed E-state index contributed by atoms with van der Waals surface area (Å²) in [6.45, 7) is 3.74. The van der Waals surface area contributed by atoms with Crippen molar-refractivity contribution in [3.05, 3.63) is 21.9 Å². The van der Waals surface area contributed by atoms with E-state index < -0.39 is 0 Å². The fourth-order valence-electron chi connectivity index (χ4n) is 0.724. The van der Waals surface area contributed by atoms with Gasteiger partial charge in [-0.25, -0.2) is 4.79 Å². The van der Waals surface area contributed by atoms with Crippen molar-refractivity contribution in [3.63, 3.8) is 0 Å². The Kier molecular flexibility index (Phi) is 3.64. The predicted molar refractivity (Wildman–Crippen MR) is 53.0 cm³/mol. The van der Waals surface area contributed by atoms with E-state index in [0.717, 1.165) is 4.88 Å². The quantitative estimate of drug-likeness (QED) is 0.424. The Hall–Kier alpha value is -1.16. The zero-order chi connectivity index (χ0) is 9.68. The van der Waals surface area contributed by atoms with Gasteiger partial charge in [0.05, 0.1) is 6.21 Å². The Morgan fingerprint density at radius 1 is 1.69 bits per heavy atom. The lowest BCUT2D eigenvalue weighted by Gasteiger charge is -1.89. The summed E-state index contributed by atoms with van der Waals surface area (Å²) < 4.78 is 0. The van der Waals surface area contributed by atoms with Crippen molar-refractivity contribution in [2.45, 2.75) is 20.3 Å². The number of oxime groups is 1. The van der Waals surface area contributed by atoms with Crippen LogP contribution in [-0.2, 0) is 9.63 Å². The van der Waals surface area contributed by atoms with Crippen LogP contribution in [0, 0.1) is 6.92 Å². The standard InChI is InChI=1S/C9H11NO2S/c1-3-9(11)12-10-6-8-5-4-7(2)13-8/h4-6H,3H2,1-2H3/b10-6+. The maximum atomic E-state index is 10.7. The third-order valence-electron chi connectivity index (χ3n) is 1.38. The van der Waals surface area contributed by atoms with Crippen molar-refractivity contribution in [2.24, 2.45) is 5.16 Å². The van der Waals surface area contributed by atoms with Crippen molar-refractivity contribution < 1.29 is 9.63 Å².